The number of ketones is 1. The summed E-state index contributed by atoms with van der Waals surface area (Å²) in [7, 11) is 0. The van der Waals surface area contributed by atoms with E-state index in [0.29, 0.717) is 25.9 Å². The number of hydrogen-bond acceptors (Lipinski definition) is 2. The Kier molecular flexibility index (Phi) is 3.01. The fraction of sp³-hybridized carbons (Fsp3) is 0.889. The van der Waals surface area contributed by atoms with Crippen LogP contribution in [-0.4, -0.2) is 35.7 Å². The maximum atomic E-state index is 12.9. The molecule has 76 valence electrons. The fourth-order valence-electron chi connectivity index (χ4n) is 1.48. The van der Waals surface area contributed by atoms with Gasteiger partial charge in [0.1, 0.15) is 5.78 Å². The molecular formula is C9H15F2NO. The van der Waals surface area contributed by atoms with Gasteiger partial charge in [0.25, 0.3) is 5.92 Å². The molecule has 0 bridgehead atoms. The highest BCUT2D eigenvalue weighted by Crippen LogP contribution is 2.23. The normalized spacial score (nSPS) is 23.2. The molecule has 0 aromatic rings. The zero-order chi connectivity index (χ0) is 10.1. The lowest BCUT2D eigenvalue weighted by molar-refractivity contribution is -0.124. The molecule has 1 fully saturated rings. The first-order valence-electron chi connectivity index (χ1n) is 4.55. The Morgan fingerprint density at radius 1 is 1.38 bits per heavy atom. The van der Waals surface area contributed by atoms with E-state index in [1.165, 1.54) is 6.92 Å². The summed E-state index contributed by atoms with van der Waals surface area (Å²) in [5, 5.41) is 0. The van der Waals surface area contributed by atoms with Gasteiger partial charge in [-0.3, -0.25) is 9.69 Å². The van der Waals surface area contributed by atoms with Gasteiger partial charge in [-0.1, -0.05) is 0 Å². The van der Waals surface area contributed by atoms with Crippen LogP contribution in [0.25, 0.3) is 0 Å². The van der Waals surface area contributed by atoms with Crippen molar-refractivity contribution in [3.8, 4) is 0 Å². The quantitative estimate of drug-likeness (QED) is 0.662. The van der Waals surface area contributed by atoms with Crippen molar-refractivity contribution in [3.63, 3.8) is 0 Å². The monoisotopic (exact) mass is 191 g/mol. The van der Waals surface area contributed by atoms with Gasteiger partial charge in [-0.15, -0.1) is 0 Å². The molecule has 1 aliphatic rings. The Labute approximate surface area is 76.9 Å². The summed E-state index contributed by atoms with van der Waals surface area (Å²) in [6.45, 7) is 3.39. The number of piperidine rings is 1. The third-order valence-corrected chi connectivity index (χ3v) is 2.64. The average molecular weight is 191 g/mol. The molecule has 0 aromatic carbocycles. The first-order chi connectivity index (χ1) is 5.91. The van der Waals surface area contributed by atoms with Crippen LogP contribution in [0.1, 0.15) is 26.7 Å². The highest BCUT2D eigenvalue weighted by Gasteiger charge is 2.35. The van der Waals surface area contributed by atoms with Crippen LogP contribution < -0.4 is 0 Å². The van der Waals surface area contributed by atoms with E-state index in [1.807, 2.05) is 0 Å². The van der Waals surface area contributed by atoms with Crippen molar-refractivity contribution < 1.29 is 13.6 Å². The Morgan fingerprint density at radius 3 is 2.23 bits per heavy atom. The maximum Gasteiger partial charge on any atom is 0.260 e. The number of halogens is 2. The Hall–Kier alpha value is -0.510. The van der Waals surface area contributed by atoms with Crippen LogP contribution in [0.3, 0.4) is 0 Å². The van der Waals surface area contributed by atoms with Gasteiger partial charge in [0.15, 0.2) is 0 Å². The topological polar surface area (TPSA) is 20.3 Å². The van der Waals surface area contributed by atoms with Crippen molar-refractivity contribution >= 4 is 5.78 Å². The summed E-state index contributed by atoms with van der Waals surface area (Å²) in [4.78, 5) is 12.5. The molecule has 0 aliphatic carbocycles. The third kappa shape index (κ3) is 2.72. The van der Waals surface area contributed by atoms with E-state index in [4.69, 9.17) is 0 Å². The summed E-state index contributed by atoms with van der Waals surface area (Å²) in [5.41, 5.74) is 0. The van der Waals surface area contributed by atoms with Gasteiger partial charge < -0.3 is 0 Å². The SMILES string of the molecule is CC(N1CCC(=O)CC1)C(C)(F)F. The van der Waals surface area contributed by atoms with Crippen LogP contribution in [0.5, 0.6) is 0 Å². The number of nitrogens with zero attached hydrogens (tertiary/aromatic N) is 1. The number of likely N-dealkylation sites (tertiary alicyclic amines) is 1. The number of carbonyl (C=O) groups excluding carboxylic acids is 1. The molecule has 1 heterocycles. The minimum Gasteiger partial charge on any atom is -0.300 e. The molecule has 1 atom stereocenters. The summed E-state index contributed by atoms with van der Waals surface area (Å²) in [6.07, 6.45) is 0.834. The standard InChI is InChI=1S/C9H15F2NO/c1-7(9(2,10)11)12-5-3-8(13)4-6-12/h7H,3-6H2,1-2H3. The highest BCUT2D eigenvalue weighted by molar-refractivity contribution is 5.79. The summed E-state index contributed by atoms with van der Waals surface area (Å²) in [5.74, 6) is -2.50. The number of alkyl halides is 2. The smallest absolute Gasteiger partial charge is 0.260 e. The first kappa shape index (κ1) is 10.6. The molecule has 0 saturated carbocycles. The lowest BCUT2D eigenvalue weighted by Crippen LogP contribution is -2.47. The van der Waals surface area contributed by atoms with Crippen LogP contribution in [0, 0.1) is 0 Å². The Morgan fingerprint density at radius 2 is 1.85 bits per heavy atom. The third-order valence-electron chi connectivity index (χ3n) is 2.64. The van der Waals surface area contributed by atoms with Crippen LogP contribution in [0.15, 0.2) is 0 Å². The van der Waals surface area contributed by atoms with Crippen LogP contribution in [0.4, 0.5) is 8.78 Å². The second kappa shape index (κ2) is 3.70. The molecule has 0 spiro atoms. The molecular weight excluding hydrogens is 176 g/mol. The second-order valence-corrected chi connectivity index (χ2v) is 3.71. The van der Waals surface area contributed by atoms with Gasteiger partial charge in [0.2, 0.25) is 0 Å². The van der Waals surface area contributed by atoms with Gasteiger partial charge >= 0.3 is 0 Å². The fourth-order valence-corrected chi connectivity index (χ4v) is 1.48. The van der Waals surface area contributed by atoms with Crippen LogP contribution >= 0.6 is 0 Å². The first-order valence-corrected chi connectivity index (χ1v) is 4.55. The van der Waals surface area contributed by atoms with Crippen molar-refractivity contribution in [3.05, 3.63) is 0 Å². The van der Waals surface area contributed by atoms with Gasteiger partial charge in [-0.25, -0.2) is 8.78 Å². The van der Waals surface area contributed by atoms with Crippen molar-refractivity contribution in [2.75, 3.05) is 13.1 Å². The summed E-state index contributed by atoms with van der Waals surface area (Å²) < 4.78 is 25.7. The highest BCUT2D eigenvalue weighted by atomic mass is 19.3. The van der Waals surface area contributed by atoms with Crippen molar-refractivity contribution in [1.82, 2.24) is 4.90 Å². The van der Waals surface area contributed by atoms with E-state index in [9.17, 15) is 13.6 Å². The predicted molar refractivity (Wildman–Crippen MR) is 45.9 cm³/mol. The van der Waals surface area contributed by atoms with Crippen LogP contribution in [-0.2, 0) is 4.79 Å². The molecule has 0 N–H and O–H groups in total. The summed E-state index contributed by atoms with van der Waals surface area (Å²) >= 11 is 0. The lowest BCUT2D eigenvalue weighted by atomic mass is 10.1. The van der Waals surface area contributed by atoms with Gasteiger partial charge in [-0.2, -0.15) is 0 Å². The Balaban J connectivity index is 2.49. The largest absolute Gasteiger partial charge is 0.300 e. The van der Waals surface area contributed by atoms with Crippen molar-refractivity contribution in [2.24, 2.45) is 0 Å². The molecule has 1 saturated heterocycles. The zero-order valence-corrected chi connectivity index (χ0v) is 8.02. The van der Waals surface area contributed by atoms with E-state index in [2.05, 4.69) is 0 Å². The van der Waals surface area contributed by atoms with Crippen molar-refractivity contribution in [1.29, 1.82) is 0 Å². The van der Waals surface area contributed by atoms with Gasteiger partial charge in [0, 0.05) is 32.9 Å². The molecule has 1 unspecified atom stereocenters. The Bertz CT molecular complexity index is 190. The molecule has 0 aromatic heterocycles. The average Bonchev–Trinajstić information content (AvgIpc) is 2.03. The number of rotatable bonds is 2. The number of hydrogen-bond donors (Lipinski definition) is 0. The van der Waals surface area contributed by atoms with E-state index in [1.54, 1.807) is 4.90 Å². The zero-order valence-electron chi connectivity index (χ0n) is 8.02. The molecule has 4 heteroatoms. The minimum atomic E-state index is -2.68. The predicted octanol–water partition coefficient (Wildman–Crippen LogP) is 1.70. The maximum absolute atomic E-state index is 12.9. The lowest BCUT2D eigenvalue weighted by Gasteiger charge is -2.34. The molecule has 0 amide bonds. The minimum absolute atomic E-state index is 0.183. The molecule has 0 radical (unpaired) electrons. The van der Waals surface area contributed by atoms with Gasteiger partial charge in [-0.05, 0) is 6.92 Å². The molecule has 1 rings (SSSR count). The van der Waals surface area contributed by atoms with E-state index >= 15 is 0 Å². The summed E-state index contributed by atoms with van der Waals surface area (Å²) in [6, 6.07) is -0.763. The van der Waals surface area contributed by atoms with E-state index < -0.39 is 12.0 Å². The number of carbonyl (C=O) groups is 1. The van der Waals surface area contributed by atoms with Gasteiger partial charge in [0.05, 0.1) is 6.04 Å². The molecule has 2 nitrogen and oxygen atoms in total. The molecule has 1 aliphatic heterocycles. The molecule has 13 heavy (non-hydrogen) atoms. The number of Topliss-reactive ketones (excluding diaryl/α,β-unsaturated/α-hetero) is 1. The van der Waals surface area contributed by atoms with E-state index in [-0.39, 0.29) is 5.78 Å². The van der Waals surface area contributed by atoms with Crippen LogP contribution in [0.2, 0.25) is 0 Å². The van der Waals surface area contributed by atoms with Crippen molar-refractivity contribution in [2.45, 2.75) is 38.7 Å². The van der Waals surface area contributed by atoms with E-state index in [0.717, 1.165) is 6.92 Å². The second-order valence-electron chi connectivity index (χ2n) is 3.71.